The SMILES string of the molecule is Cc1ccc(C(=O)NC2(CBr)CCCC(C)C2)c(F)c1. The standard InChI is InChI=1S/C16H21BrFNO/c1-11-5-6-13(14(18)8-11)15(20)19-16(10-17)7-3-4-12(2)9-16/h5-6,8,12H,3-4,7,9-10H2,1-2H3,(H,19,20). The molecule has 0 spiro atoms. The van der Waals surface area contributed by atoms with Crippen LogP contribution in [0.2, 0.25) is 0 Å². The largest absolute Gasteiger partial charge is 0.346 e. The monoisotopic (exact) mass is 341 g/mol. The van der Waals surface area contributed by atoms with Crippen molar-refractivity contribution in [1.82, 2.24) is 5.32 Å². The molecule has 2 nitrogen and oxygen atoms in total. The summed E-state index contributed by atoms with van der Waals surface area (Å²) in [6, 6.07) is 4.73. The topological polar surface area (TPSA) is 29.1 Å². The Morgan fingerprint density at radius 2 is 2.30 bits per heavy atom. The van der Waals surface area contributed by atoms with Gasteiger partial charge in [0.15, 0.2) is 0 Å². The van der Waals surface area contributed by atoms with Gasteiger partial charge in [-0.05, 0) is 43.4 Å². The lowest BCUT2D eigenvalue weighted by molar-refractivity contribution is 0.0865. The highest BCUT2D eigenvalue weighted by Gasteiger charge is 2.35. The number of carbonyl (C=O) groups is 1. The van der Waals surface area contributed by atoms with E-state index in [-0.39, 0.29) is 17.0 Å². The second kappa shape index (κ2) is 6.25. The lowest BCUT2D eigenvalue weighted by Gasteiger charge is -2.39. The number of alkyl halides is 1. The molecule has 0 aliphatic heterocycles. The van der Waals surface area contributed by atoms with Crippen LogP contribution >= 0.6 is 15.9 Å². The fourth-order valence-corrected chi connectivity index (χ4v) is 3.69. The second-order valence-corrected chi connectivity index (χ2v) is 6.61. The number of aryl methyl sites for hydroxylation is 1. The van der Waals surface area contributed by atoms with Gasteiger partial charge in [0.1, 0.15) is 5.82 Å². The normalized spacial score (nSPS) is 26.3. The molecule has 4 heteroatoms. The van der Waals surface area contributed by atoms with Gasteiger partial charge >= 0.3 is 0 Å². The Kier molecular flexibility index (Phi) is 4.84. The van der Waals surface area contributed by atoms with Crippen molar-refractivity contribution in [3.05, 3.63) is 35.1 Å². The predicted molar refractivity (Wildman–Crippen MR) is 82.8 cm³/mol. The molecule has 1 saturated carbocycles. The summed E-state index contributed by atoms with van der Waals surface area (Å²) in [7, 11) is 0. The molecule has 110 valence electrons. The lowest BCUT2D eigenvalue weighted by Crippen LogP contribution is -2.52. The summed E-state index contributed by atoms with van der Waals surface area (Å²) in [4.78, 5) is 12.3. The van der Waals surface area contributed by atoms with Crippen LogP contribution in [0.3, 0.4) is 0 Å². The van der Waals surface area contributed by atoms with Gasteiger partial charge in [-0.3, -0.25) is 4.79 Å². The molecule has 1 fully saturated rings. The predicted octanol–water partition coefficient (Wildman–Crippen LogP) is 4.21. The molecule has 1 aliphatic carbocycles. The maximum Gasteiger partial charge on any atom is 0.254 e. The van der Waals surface area contributed by atoms with E-state index in [9.17, 15) is 9.18 Å². The molecule has 2 unspecified atom stereocenters. The molecule has 20 heavy (non-hydrogen) atoms. The zero-order valence-electron chi connectivity index (χ0n) is 12.0. The van der Waals surface area contributed by atoms with E-state index in [1.54, 1.807) is 12.1 Å². The summed E-state index contributed by atoms with van der Waals surface area (Å²) in [6.07, 6.45) is 4.19. The minimum absolute atomic E-state index is 0.133. The first-order chi connectivity index (χ1) is 9.46. The third-order valence-electron chi connectivity index (χ3n) is 4.10. The van der Waals surface area contributed by atoms with Crippen molar-refractivity contribution in [2.24, 2.45) is 5.92 Å². The third kappa shape index (κ3) is 3.40. The van der Waals surface area contributed by atoms with Crippen molar-refractivity contribution < 1.29 is 9.18 Å². The molecule has 0 bridgehead atoms. The van der Waals surface area contributed by atoms with Gasteiger partial charge in [0.25, 0.3) is 5.91 Å². The minimum atomic E-state index is -0.448. The van der Waals surface area contributed by atoms with Crippen LogP contribution in [0.1, 0.15) is 48.5 Å². The van der Waals surface area contributed by atoms with Crippen LogP contribution in [-0.4, -0.2) is 16.8 Å². The Morgan fingerprint density at radius 1 is 1.55 bits per heavy atom. The molecule has 1 amide bonds. The Hall–Kier alpha value is -0.900. The minimum Gasteiger partial charge on any atom is -0.346 e. The van der Waals surface area contributed by atoms with Gasteiger partial charge in [0, 0.05) is 5.33 Å². The maximum absolute atomic E-state index is 13.9. The molecule has 1 aliphatic rings. The summed E-state index contributed by atoms with van der Waals surface area (Å²) in [5.41, 5.74) is 0.709. The molecule has 0 aromatic heterocycles. The Balaban J connectivity index is 2.16. The van der Waals surface area contributed by atoms with Crippen LogP contribution in [0.5, 0.6) is 0 Å². The molecule has 0 saturated heterocycles. The number of nitrogens with one attached hydrogen (secondary N) is 1. The number of hydrogen-bond donors (Lipinski definition) is 1. The van der Waals surface area contributed by atoms with Gasteiger partial charge in [-0.2, -0.15) is 0 Å². The van der Waals surface area contributed by atoms with Gasteiger partial charge in [-0.25, -0.2) is 4.39 Å². The smallest absolute Gasteiger partial charge is 0.254 e. The first kappa shape index (κ1) is 15.5. The number of benzene rings is 1. The van der Waals surface area contributed by atoms with E-state index >= 15 is 0 Å². The highest BCUT2D eigenvalue weighted by atomic mass is 79.9. The molecule has 1 N–H and O–H groups in total. The summed E-state index contributed by atoms with van der Waals surface area (Å²) < 4.78 is 13.9. The van der Waals surface area contributed by atoms with E-state index in [4.69, 9.17) is 0 Å². The third-order valence-corrected chi connectivity index (χ3v) is 5.17. The summed E-state index contributed by atoms with van der Waals surface area (Å²) in [5, 5.41) is 3.78. The van der Waals surface area contributed by atoms with Crippen molar-refractivity contribution in [3.8, 4) is 0 Å². The van der Waals surface area contributed by atoms with Gasteiger partial charge < -0.3 is 5.32 Å². The van der Waals surface area contributed by atoms with Crippen LogP contribution < -0.4 is 5.32 Å². The second-order valence-electron chi connectivity index (χ2n) is 6.05. The van der Waals surface area contributed by atoms with Gasteiger partial charge in [-0.1, -0.05) is 41.8 Å². The molecular formula is C16H21BrFNO. The zero-order chi connectivity index (χ0) is 14.8. The molecular weight excluding hydrogens is 321 g/mol. The van der Waals surface area contributed by atoms with Crippen molar-refractivity contribution in [2.75, 3.05) is 5.33 Å². The molecule has 0 heterocycles. The summed E-state index contributed by atoms with van der Waals surface area (Å²) >= 11 is 3.52. The fourth-order valence-electron chi connectivity index (χ4n) is 3.04. The van der Waals surface area contributed by atoms with E-state index in [0.717, 1.165) is 24.8 Å². The first-order valence-corrected chi connectivity index (χ1v) is 8.22. The Bertz CT molecular complexity index is 505. The number of amides is 1. The van der Waals surface area contributed by atoms with E-state index < -0.39 is 5.82 Å². The quantitative estimate of drug-likeness (QED) is 0.820. The molecule has 1 aromatic carbocycles. The number of carbonyl (C=O) groups excluding carboxylic acids is 1. The van der Waals surface area contributed by atoms with Crippen LogP contribution in [0.25, 0.3) is 0 Å². The van der Waals surface area contributed by atoms with Gasteiger partial charge in [-0.15, -0.1) is 0 Å². The molecule has 2 atom stereocenters. The summed E-state index contributed by atoms with van der Waals surface area (Å²) in [5.74, 6) is -0.170. The average molecular weight is 342 g/mol. The Labute approximate surface area is 128 Å². The summed E-state index contributed by atoms with van der Waals surface area (Å²) in [6.45, 7) is 4.02. The maximum atomic E-state index is 13.9. The molecule has 0 radical (unpaired) electrons. The first-order valence-electron chi connectivity index (χ1n) is 7.10. The van der Waals surface area contributed by atoms with Crippen molar-refractivity contribution >= 4 is 21.8 Å². The lowest BCUT2D eigenvalue weighted by atomic mass is 9.77. The zero-order valence-corrected chi connectivity index (χ0v) is 13.6. The number of rotatable bonds is 3. The van der Waals surface area contributed by atoms with Crippen LogP contribution in [0.4, 0.5) is 4.39 Å². The highest BCUT2D eigenvalue weighted by Crippen LogP contribution is 2.34. The molecule has 1 aromatic rings. The van der Waals surface area contributed by atoms with E-state index in [1.165, 1.54) is 12.5 Å². The van der Waals surface area contributed by atoms with E-state index in [2.05, 4.69) is 28.2 Å². The molecule has 2 rings (SSSR count). The number of hydrogen-bond acceptors (Lipinski definition) is 1. The highest BCUT2D eigenvalue weighted by molar-refractivity contribution is 9.09. The average Bonchev–Trinajstić information content (AvgIpc) is 2.38. The van der Waals surface area contributed by atoms with Crippen LogP contribution in [0, 0.1) is 18.7 Å². The van der Waals surface area contributed by atoms with Crippen molar-refractivity contribution in [2.45, 2.75) is 45.1 Å². The van der Waals surface area contributed by atoms with E-state index in [0.29, 0.717) is 11.2 Å². The van der Waals surface area contributed by atoms with Crippen molar-refractivity contribution in [3.63, 3.8) is 0 Å². The van der Waals surface area contributed by atoms with Gasteiger partial charge in [0.2, 0.25) is 0 Å². The Morgan fingerprint density at radius 3 is 2.90 bits per heavy atom. The fraction of sp³-hybridized carbons (Fsp3) is 0.562. The van der Waals surface area contributed by atoms with Crippen molar-refractivity contribution in [1.29, 1.82) is 0 Å². The van der Waals surface area contributed by atoms with Crippen LogP contribution in [-0.2, 0) is 0 Å². The van der Waals surface area contributed by atoms with E-state index in [1.807, 2.05) is 6.92 Å². The van der Waals surface area contributed by atoms with Gasteiger partial charge in [0.05, 0.1) is 11.1 Å². The van der Waals surface area contributed by atoms with Crippen LogP contribution in [0.15, 0.2) is 18.2 Å². The number of halogens is 2.